The van der Waals surface area contributed by atoms with Gasteiger partial charge in [0.1, 0.15) is 18.1 Å². The number of nitrogens with zero attached hydrogens (tertiary/aromatic N) is 2. The average Bonchev–Trinajstić information content (AvgIpc) is 3.35. The molecule has 0 saturated heterocycles. The number of rotatable bonds is 6. The Hall–Kier alpha value is -2.24. The molecule has 0 atom stereocenters. The summed E-state index contributed by atoms with van der Waals surface area (Å²) in [6, 6.07) is 12.5. The van der Waals surface area contributed by atoms with Crippen molar-refractivity contribution in [2.45, 2.75) is 59.3 Å². The van der Waals surface area contributed by atoms with E-state index in [-0.39, 0.29) is 22.8 Å². The summed E-state index contributed by atoms with van der Waals surface area (Å²) in [4.78, 5) is 12.8. The molecule has 158 valence electrons. The van der Waals surface area contributed by atoms with Gasteiger partial charge in [-0.2, -0.15) is 0 Å². The Morgan fingerprint density at radius 3 is 2.37 bits per heavy atom. The van der Waals surface area contributed by atoms with E-state index < -0.39 is 0 Å². The summed E-state index contributed by atoms with van der Waals surface area (Å²) in [7, 11) is 0. The lowest BCUT2D eigenvalue weighted by Gasteiger charge is -2.16. The summed E-state index contributed by atoms with van der Waals surface area (Å²) in [6.07, 6.45) is 6.06. The smallest absolute Gasteiger partial charge is 0.249 e. The third-order valence-corrected chi connectivity index (χ3v) is 5.66. The maximum Gasteiger partial charge on any atom is 0.249 e. The average molecular weight is 469 g/mol. The summed E-state index contributed by atoms with van der Waals surface area (Å²) < 4.78 is 9.59. The van der Waals surface area contributed by atoms with E-state index in [0.29, 0.717) is 31.6 Å². The lowest BCUT2D eigenvalue weighted by atomic mass is 9.92. The summed E-state index contributed by atoms with van der Waals surface area (Å²) in [5, 5.41) is 0. The van der Waals surface area contributed by atoms with Crippen LogP contribution in [0, 0.1) is 0 Å². The van der Waals surface area contributed by atoms with Gasteiger partial charge in [-0.05, 0) is 29.0 Å². The summed E-state index contributed by atoms with van der Waals surface area (Å²) >= 11 is 0. The molecule has 0 aliphatic carbocycles. The first kappa shape index (κ1) is 22.4. The molecule has 0 saturated carbocycles. The van der Waals surface area contributed by atoms with E-state index in [2.05, 4.69) is 56.7 Å². The molecule has 1 aliphatic heterocycles. The molecule has 5 heteroatoms. The van der Waals surface area contributed by atoms with Crippen molar-refractivity contribution in [3.63, 3.8) is 0 Å². The minimum absolute atomic E-state index is 0. The number of benzene rings is 2. The first-order valence-electron chi connectivity index (χ1n) is 10.4. The molecule has 0 spiro atoms. The molecular weight excluding hydrogens is 440 g/mol. The number of carbonyl (C=O) groups excluding carboxylic acids is 1. The number of Topliss-reactive ketones (excluding diaryl/α,β-unsaturated/α-hetero) is 1. The molecule has 4 rings (SSSR count). The molecule has 0 bridgehead atoms. The van der Waals surface area contributed by atoms with Crippen molar-refractivity contribution in [1.29, 1.82) is 0 Å². The molecule has 0 radical (unpaired) electrons. The van der Waals surface area contributed by atoms with Crippen molar-refractivity contribution >= 4 is 5.78 Å². The molecule has 0 N–H and O–H groups in total. The second-order valence-corrected chi connectivity index (χ2v) is 8.49. The van der Waals surface area contributed by atoms with Crippen LogP contribution >= 0.6 is 0 Å². The van der Waals surface area contributed by atoms with Crippen molar-refractivity contribution in [2.24, 2.45) is 0 Å². The lowest BCUT2D eigenvalue weighted by molar-refractivity contribution is -0.682. The molecule has 30 heavy (non-hydrogen) atoms. The third kappa shape index (κ3) is 4.42. The van der Waals surface area contributed by atoms with E-state index in [9.17, 15) is 4.79 Å². The Bertz CT molecular complexity index is 1030. The van der Waals surface area contributed by atoms with E-state index in [0.717, 1.165) is 11.1 Å². The quantitative estimate of drug-likeness (QED) is 0.409. The molecule has 2 heterocycles. The van der Waals surface area contributed by atoms with Gasteiger partial charge in [0.25, 0.3) is 0 Å². The van der Waals surface area contributed by atoms with Crippen LogP contribution in [0.2, 0.25) is 0 Å². The van der Waals surface area contributed by atoms with Crippen LogP contribution in [0.1, 0.15) is 72.1 Å². The van der Waals surface area contributed by atoms with E-state index in [1.165, 1.54) is 22.4 Å². The first-order chi connectivity index (χ1) is 13.9. The topological polar surface area (TPSA) is 35.1 Å². The number of para-hydroxylation sites is 1. The fourth-order valence-corrected chi connectivity index (χ4v) is 4.03. The summed E-state index contributed by atoms with van der Waals surface area (Å²) in [6.45, 7) is 10.5. The largest absolute Gasteiger partial charge is 1.00 e. The number of hydrogen-bond donors (Lipinski definition) is 0. The highest BCUT2D eigenvalue weighted by Gasteiger charge is 2.21. The second kappa shape index (κ2) is 9.27. The highest BCUT2D eigenvalue weighted by atomic mass is 79.9. The zero-order valence-corrected chi connectivity index (χ0v) is 19.6. The Labute approximate surface area is 189 Å². The molecule has 0 fully saturated rings. The monoisotopic (exact) mass is 468 g/mol. The van der Waals surface area contributed by atoms with E-state index in [1.54, 1.807) is 0 Å². The Kier molecular flexibility index (Phi) is 6.94. The van der Waals surface area contributed by atoms with E-state index >= 15 is 0 Å². The second-order valence-electron chi connectivity index (χ2n) is 8.49. The highest BCUT2D eigenvalue weighted by molar-refractivity contribution is 5.95. The van der Waals surface area contributed by atoms with Crippen molar-refractivity contribution in [3.8, 4) is 5.69 Å². The molecule has 2 aromatic carbocycles. The standard InChI is InChI=1S/C25H29N2O2.BrH/c1-17(2)22-6-5-7-23(18(3)4)25(22)27-11-10-26(16-27)13-24(28)19-8-9-20-14-29-15-21(20)12-19;/h5-12,16-18H,13-15H2,1-4H3;1H/q+1;/p-1. The van der Waals surface area contributed by atoms with Gasteiger partial charge in [-0.15, -0.1) is 0 Å². The maximum atomic E-state index is 12.8. The molecular formula is C25H29BrN2O2. The Morgan fingerprint density at radius 1 is 1.03 bits per heavy atom. The SMILES string of the molecule is CC(C)c1cccc(C(C)C)c1-n1cc[n+](CC(=O)c2ccc3c(c2)COC3)c1.[Br-]. The van der Waals surface area contributed by atoms with Gasteiger partial charge in [-0.3, -0.25) is 4.79 Å². The van der Waals surface area contributed by atoms with E-state index in [4.69, 9.17) is 4.74 Å². The highest BCUT2D eigenvalue weighted by Crippen LogP contribution is 2.30. The van der Waals surface area contributed by atoms with Gasteiger partial charge < -0.3 is 21.7 Å². The number of ether oxygens (including phenoxy) is 1. The van der Waals surface area contributed by atoms with Crippen LogP contribution in [-0.2, 0) is 24.5 Å². The lowest BCUT2D eigenvalue weighted by Crippen LogP contribution is -3.00. The van der Waals surface area contributed by atoms with Crippen LogP contribution < -0.4 is 21.5 Å². The first-order valence-corrected chi connectivity index (χ1v) is 10.4. The van der Waals surface area contributed by atoms with Gasteiger partial charge in [0.15, 0.2) is 6.54 Å². The fraction of sp³-hybridized carbons (Fsp3) is 0.360. The van der Waals surface area contributed by atoms with Gasteiger partial charge in [0.05, 0.1) is 13.2 Å². The molecule has 0 amide bonds. The van der Waals surface area contributed by atoms with Gasteiger partial charge in [-0.1, -0.05) is 58.0 Å². The van der Waals surface area contributed by atoms with Crippen molar-refractivity contribution in [1.82, 2.24) is 4.57 Å². The third-order valence-electron chi connectivity index (χ3n) is 5.66. The van der Waals surface area contributed by atoms with Crippen molar-refractivity contribution in [3.05, 3.63) is 82.9 Å². The van der Waals surface area contributed by atoms with Gasteiger partial charge in [0, 0.05) is 16.7 Å². The number of imidazole rings is 1. The van der Waals surface area contributed by atoms with Gasteiger partial charge in [0.2, 0.25) is 12.1 Å². The van der Waals surface area contributed by atoms with Crippen LogP contribution in [0.5, 0.6) is 0 Å². The van der Waals surface area contributed by atoms with Crippen LogP contribution in [0.15, 0.2) is 55.1 Å². The minimum Gasteiger partial charge on any atom is -1.00 e. The Morgan fingerprint density at radius 2 is 1.70 bits per heavy atom. The minimum atomic E-state index is 0. The predicted molar refractivity (Wildman–Crippen MR) is 113 cm³/mol. The number of ketones is 1. The molecule has 1 aliphatic rings. The summed E-state index contributed by atoms with van der Waals surface area (Å²) in [5.41, 5.74) is 6.95. The number of fused-ring (bicyclic) bond motifs is 1. The van der Waals surface area contributed by atoms with Crippen molar-refractivity contribution in [2.75, 3.05) is 0 Å². The van der Waals surface area contributed by atoms with Crippen LogP contribution in [0.25, 0.3) is 5.69 Å². The molecule has 1 aromatic heterocycles. The molecule has 3 aromatic rings. The van der Waals surface area contributed by atoms with Crippen molar-refractivity contribution < 1.29 is 31.1 Å². The number of halogens is 1. The number of aromatic nitrogens is 2. The predicted octanol–water partition coefficient (Wildman–Crippen LogP) is 1.93. The van der Waals surface area contributed by atoms with Gasteiger partial charge in [-0.25, -0.2) is 9.13 Å². The normalized spacial score (nSPS) is 12.9. The van der Waals surface area contributed by atoms with Crippen LogP contribution in [0.4, 0.5) is 0 Å². The number of hydrogen-bond acceptors (Lipinski definition) is 2. The van der Waals surface area contributed by atoms with Gasteiger partial charge >= 0.3 is 0 Å². The zero-order valence-electron chi connectivity index (χ0n) is 18.1. The van der Waals surface area contributed by atoms with Crippen LogP contribution in [-0.4, -0.2) is 10.4 Å². The Balaban J connectivity index is 0.00000256. The van der Waals surface area contributed by atoms with Crippen LogP contribution in [0.3, 0.4) is 0 Å². The molecule has 4 nitrogen and oxygen atoms in total. The summed E-state index contributed by atoms with van der Waals surface area (Å²) in [5.74, 6) is 0.966. The fourth-order valence-electron chi connectivity index (χ4n) is 4.03. The number of carbonyl (C=O) groups is 1. The van der Waals surface area contributed by atoms with E-state index in [1.807, 2.05) is 35.3 Å². The zero-order chi connectivity index (χ0) is 20.5. The molecule has 0 unspecified atom stereocenters. The maximum absolute atomic E-state index is 12.8.